The summed E-state index contributed by atoms with van der Waals surface area (Å²) in [5, 5.41) is 4.59. The lowest BCUT2D eigenvalue weighted by Crippen LogP contribution is -2.29. The molecule has 27 heavy (non-hydrogen) atoms. The lowest BCUT2D eigenvalue weighted by Gasteiger charge is -2.14. The first-order valence-electron chi connectivity index (χ1n) is 8.23. The number of alkyl halides is 3. The fourth-order valence-corrected chi connectivity index (χ4v) is 2.60. The highest BCUT2D eigenvalue weighted by atomic mass is 35.5. The van der Waals surface area contributed by atoms with Gasteiger partial charge in [0, 0.05) is 11.6 Å². The van der Waals surface area contributed by atoms with E-state index >= 15 is 0 Å². The Bertz CT molecular complexity index is 795. The number of rotatable bonds is 7. The number of nitrogens with one attached hydrogen (secondary N) is 2. The van der Waals surface area contributed by atoms with E-state index in [9.17, 15) is 22.8 Å². The van der Waals surface area contributed by atoms with Gasteiger partial charge in [0.25, 0.3) is 0 Å². The van der Waals surface area contributed by atoms with Crippen molar-refractivity contribution in [1.29, 1.82) is 0 Å². The van der Waals surface area contributed by atoms with Crippen LogP contribution in [0, 0.1) is 0 Å². The highest BCUT2D eigenvalue weighted by Gasteiger charge is 2.34. The van der Waals surface area contributed by atoms with Crippen LogP contribution in [0.4, 0.5) is 18.9 Å². The van der Waals surface area contributed by atoms with Gasteiger partial charge < -0.3 is 10.6 Å². The summed E-state index contributed by atoms with van der Waals surface area (Å²) in [6, 6.07) is 12.7. The minimum Gasteiger partial charge on any atom is -0.356 e. The number of aryl methyl sites for hydroxylation is 1. The standard InChI is InChI=1S/C19H18ClF3N2O2/c20-14-8-9-16(15(11-14)19(21,22)23)25-18(27)12-17(26)24-10-4-7-13-5-2-1-3-6-13/h1-3,5-6,8-9,11H,4,7,10,12H2,(H,24,26)(H,25,27). The zero-order valence-electron chi connectivity index (χ0n) is 14.3. The largest absolute Gasteiger partial charge is 0.418 e. The van der Waals surface area contributed by atoms with Crippen molar-refractivity contribution in [2.75, 3.05) is 11.9 Å². The minimum absolute atomic E-state index is 0.100. The molecule has 2 amide bonds. The predicted octanol–water partition coefficient (Wildman–Crippen LogP) is 4.44. The average Bonchev–Trinajstić information content (AvgIpc) is 2.60. The van der Waals surface area contributed by atoms with E-state index in [4.69, 9.17) is 11.6 Å². The minimum atomic E-state index is -4.67. The predicted molar refractivity (Wildman–Crippen MR) is 97.5 cm³/mol. The number of carbonyl (C=O) groups is 2. The van der Waals surface area contributed by atoms with E-state index in [1.165, 1.54) is 6.07 Å². The van der Waals surface area contributed by atoms with Crippen LogP contribution in [-0.4, -0.2) is 18.4 Å². The van der Waals surface area contributed by atoms with Crippen LogP contribution >= 0.6 is 11.6 Å². The Labute approximate surface area is 159 Å². The molecule has 0 heterocycles. The molecule has 8 heteroatoms. The second-order valence-electron chi connectivity index (χ2n) is 5.85. The van der Waals surface area contributed by atoms with Crippen LogP contribution < -0.4 is 10.6 Å². The first-order chi connectivity index (χ1) is 12.8. The van der Waals surface area contributed by atoms with Crippen molar-refractivity contribution in [3.8, 4) is 0 Å². The number of halogens is 4. The summed E-state index contributed by atoms with van der Waals surface area (Å²) in [6.07, 6.45) is -3.78. The van der Waals surface area contributed by atoms with E-state index < -0.39 is 35.7 Å². The molecule has 0 aromatic heterocycles. The van der Waals surface area contributed by atoms with Crippen molar-refractivity contribution in [2.24, 2.45) is 0 Å². The third-order valence-electron chi connectivity index (χ3n) is 3.69. The van der Waals surface area contributed by atoms with Crippen LogP contribution in [-0.2, 0) is 22.2 Å². The van der Waals surface area contributed by atoms with E-state index in [-0.39, 0.29) is 5.02 Å². The summed E-state index contributed by atoms with van der Waals surface area (Å²) in [5.41, 5.74) is -0.368. The van der Waals surface area contributed by atoms with Crippen LogP contribution in [0.2, 0.25) is 5.02 Å². The molecule has 2 N–H and O–H groups in total. The number of hydrogen-bond donors (Lipinski definition) is 2. The third kappa shape index (κ3) is 6.94. The van der Waals surface area contributed by atoms with Crippen LogP contribution in [0.25, 0.3) is 0 Å². The van der Waals surface area contributed by atoms with E-state index in [1.807, 2.05) is 30.3 Å². The quantitative estimate of drug-likeness (QED) is 0.535. The molecule has 0 fully saturated rings. The molecule has 2 aromatic rings. The molecule has 4 nitrogen and oxygen atoms in total. The molecule has 0 aliphatic rings. The molecule has 0 aliphatic heterocycles. The normalized spacial score (nSPS) is 11.1. The van der Waals surface area contributed by atoms with Crippen molar-refractivity contribution in [2.45, 2.75) is 25.4 Å². The van der Waals surface area contributed by atoms with Gasteiger partial charge in [0.2, 0.25) is 11.8 Å². The number of carbonyl (C=O) groups excluding carboxylic acids is 2. The van der Waals surface area contributed by atoms with Gasteiger partial charge in [-0.05, 0) is 36.6 Å². The van der Waals surface area contributed by atoms with Crippen LogP contribution in [0.15, 0.2) is 48.5 Å². The summed E-state index contributed by atoms with van der Waals surface area (Å²) < 4.78 is 39.0. The highest BCUT2D eigenvalue weighted by Crippen LogP contribution is 2.36. The van der Waals surface area contributed by atoms with Gasteiger partial charge in [-0.3, -0.25) is 9.59 Å². The Morgan fingerprint density at radius 3 is 2.37 bits per heavy atom. The summed E-state index contributed by atoms with van der Waals surface area (Å²) in [5.74, 6) is -1.38. The van der Waals surface area contributed by atoms with E-state index in [2.05, 4.69) is 10.6 Å². The SMILES string of the molecule is O=C(CC(=O)Nc1ccc(Cl)cc1C(F)(F)F)NCCCc1ccccc1. The average molecular weight is 399 g/mol. The van der Waals surface area contributed by atoms with Gasteiger partial charge in [-0.1, -0.05) is 41.9 Å². The molecular formula is C19H18ClF3N2O2. The molecular weight excluding hydrogens is 381 g/mol. The molecule has 0 atom stereocenters. The second kappa shape index (κ2) is 9.41. The van der Waals surface area contributed by atoms with Crippen molar-refractivity contribution < 1.29 is 22.8 Å². The van der Waals surface area contributed by atoms with Gasteiger partial charge in [-0.2, -0.15) is 13.2 Å². The number of amides is 2. The molecule has 0 saturated heterocycles. The highest BCUT2D eigenvalue weighted by molar-refractivity contribution is 6.30. The fourth-order valence-electron chi connectivity index (χ4n) is 2.43. The second-order valence-corrected chi connectivity index (χ2v) is 6.29. The van der Waals surface area contributed by atoms with E-state index in [1.54, 1.807) is 0 Å². The molecule has 2 rings (SSSR count). The first kappa shape index (κ1) is 20.8. The molecule has 0 bridgehead atoms. The van der Waals surface area contributed by atoms with Gasteiger partial charge in [0.1, 0.15) is 6.42 Å². The molecule has 0 spiro atoms. The van der Waals surface area contributed by atoms with Gasteiger partial charge >= 0.3 is 6.18 Å². The Morgan fingerprint density at radius 2 is 1.70 bits per heavy atom. The Morgan fingerprint density at radius 1 is 1.00 bits per heavy atom. The Balaban J connectivity index is 1.81. The Kier molecular flexibility index (Phi) is 7.24. The Hall–Kier alpha value is -2.54. The zero-order valence-corrected chi connectivity index (χ0v) is 15.0. The first-order valence-corrected chi connectivity index (χ1v) is 8.61. The lowest BCUT2D eigenvalue weighted by molar-refractivity contribution is -0.137. The van der Waals surface area contributed by atoms with Crippen molar-refractivity contribution in [3.63, 3.8) is 0 Å². The molecule has 0 unspecified atom stereocenters. The summed E-state index contributed by atoms with van der Waals surface area (Å²) in [7, 11) is 0. The lowest BCUT2D eigenvalue weighted by atomic mass is 10.1. The van der Waals surface area contributed by atoms with Crippen LogP contribution in [0.1, 0.15) is 24.0 Å². The van der Waals surface area contributed by atoms with Gasteiger partial charge in [-0.15, -0.1) is 0 Å². The summed E-state index contributed by atoms with van der Waals surface area (Å²) >= 11 is 5.58. The monoisotopic (exact) mass is 398 g/mol. The van der Waals surface area contributed by atoms with Gasteiger partial charge in [0.15, 0.2) is 0 Å². The fraction of sp³-hybridized carbons (Fsp3) is 0.263. The number of hydrogen-bond acceptors (Lipinski definition) is 2. The summed E-state index contributed by atoms with van der Waals surface area (Å²) in [6.45, 7) is 0.371. The molecule has 2 aromatic carbocycles. The van der Waals surface area contributed by atoms with Gasteiger partial charge in [-0.25, -0.2) is 0 Å². The van der Waals surface area contributed by atoms with Gasteiger partial charge in [0.05, 0.1) is 11.3 Å². The van der Waals surface area contributed by atoms with Crippen LogP contribution in [0.3, 0.4) is 0 Å². The van der Waals surface area contributed by atoms with E-state index in [0.29, 0.717) is 13.0 Å². The smallest absolute Gasteiger partial charge is 0.356 e. The topological polar surface area (TPSA) is 58.2 Å². The van der Waals surface area contributed by atoms with Crippen molar-refractivity contribution in [3.05, 3.63) is 64.7 Å². The summed E-state index contributed by atoms with van der Waals surface area (Å²) in [4.78, 5) is 23.6. The molecule has 0 saturated carbocycles. The maximum atomic E-state index is 13.0. The third-order valence-corrected chi connectivity index (χ3v) is 3.92. The zero-order chi connectivity index (χ0) is 19.9. The molecule has 0 aliphatic carbocycles. The molecule has 0 radical (unpaired) electrons. The maximum absolute atomic E-state index is 13.0. The number of benzene rings is 2. The van der Waals surface area contributed by atoms with E-state index in [0.717, 1.165) is 24.1 Å². The maximum Gasteiger partial charge on any atom is 0.418 e. The van der Waals surface area contributed by atoms with Crippen LogP contribution in [0.5, 0.6) is 0 Å². The molecule has 144 valence electrons. The number of anilines is 1. The van der Waals surface area contributed by atoms with Crippen molar-refractivity contribution in [1.82, 2.24) is 5.32 Å². The van der Waals surface area contributed by atoms with Crippen molar-refractivity contribution >= 4 is 29.1 Å².